The maximum atomic E-state index is 12.9. The van der Waals surface area contributed by atoms with Crippen molar-refractivity contribution in [2.75, 3.05) is 19.6 Å². The van der Waals surface area contributed by atoms with E-state index in [1.54, 1.807) is 18.7 Å². The number of rotatable bonds is 5. The number of likely N-dealkylation sites (tertiary alicyclic amines) is 1. The SMILES string of the molecule is CCN(CC)S(=O)(=O)c1cc(C(=O)N2CCCC[C@H]2C)c(Cl)cc1Cl. The van der Waals surface area contributed by atoms with E-state index in [1.807, 2.05) is 6.92 Å². The van der Waals surface area contributed by atoms with Gasteiger partial charge in [0.1, 0.15) is 4.90 Å². The third-order valence-electron chi connectivity index (χ3n) is 4.64. The number of benzene rings is 1. The summed E-state index contributed by atoms with van der Waals surface area (Å²) in [6.07, 6.45) is 2.95. The molecule has 1 atom stereocenters. The first-order valence-electron chi connectivity index (χ1n) is 8.54. The minimum atomic E-state index is -3.78. The van der Waals surface area contributed by atoms with E-state index in [1.165, 1.54) is 16.4 Å². The molecule has 1 aromatic carbocycles. The van der Waals surface area contributed by atoms with Gasteiger partial charge in [-0.15, -0.1) is 0 Å². The molecule has 1 amide bonds. The molecular weight excluding hydrogens is 383 g/mol. The predicted octanol–water partition coefficient (Wildman–Crippen LogP) is 4.04. The lowest BCUT2D eigenvalue weighted by molar-refractivity contribution is 0.0635. The maximum Gasteiger partial charge on any atom is 0.255 e. The van der Waals surface area contributed by atoms with Crippen LogP contribution < -0.4 is 0 Å². The lowest BCUT2D eigenvalue weighted by Gasteiger charge is -2.33. The van der Waals surface area contributed by atoms with Crippen molar-refractivity contribution in [3.63, 3.8) is 0 Å². The highest BCUT2D eigenvalue weighted by molar-refractivity contribution is 7.89. The molecule has 0 N–H and O–H groups in total. The van der Waals surface area contributed by atoms with Gasteiger partial charge in [0.2, 0.25) is 10.0 Å². The number of carbonyl (C=O) groups excluding carboxylic acids is 1. The standard InChI is InChI=1S/C17H24Cl2N2O3S/c1-4-20(5-2)25(23,24)16-10-13(14(18)11-15(16)19)17(22)21-9-7-6-8-12(21)3/h10-12H,4-9H2,1-3H3/t12-/m1/s1. The average Bonchev–Trinajstić information content (AvgIpc) is 2.55. The third-order valence-corrected chi connectivity index (χ3v) is 7.47. The van der Waals surface area contributed by atoms with Crippen LogP contribution in [-0.4, -0.2) is 49.2 Å². The average molecular weight is 407 g/mol. The van der Waals surface area contributed by atoms with Gasteiger partial charge < -0.3 is 4.90 Å². The molecule has 2 rings (SSSR count). The largest absolute Gasteiger partial charge is 0.336 e. The van der Waals surface area contributed by atoms with Crippen molar-refractivity contribution in [3.05, 3.63) is 27.7 Å². The third kappa shape index (κ3) is 4.13. The summed E-state index contributed by atoms with van der Waals surface area (Å²) in [7, 11) is -3.78. The topological polar surface area (TPSA) is 57.7 Å². The Hall–Kier alpha value is -0.820. The molecule has 25 heavy (non-hydrogen) atoms. The molecule has 5 nitrogen and oxygen atoms in total. The molecule has 0 unspecified atom stereocenters. The molecule has 8 heteroatoms. The first-order chi connectivity index (χ1) is 11.7. The van der Waals surface area contributed by atoms with Gasteiger partial charge in [0, 0.05) is 25.7 Å². The zero-order chi connectivity index (χ0) is 18.8. The minimum absolute atomic E-state index is 0.0279. The van der Waals surface area contributed by atoms with Gasteiger partial charge in [-0.3, -0.25) is 4.79 Å². The Morgan fingerprint density at radius 2 is 1.84 bits per heavy atom. The molecular formula is C17H24Cl2N2O3S. The van der Waals surface area contributed by atoms with Crippen molar-refractivity contribution >= 4 is 39.1 Å². The molecule has 0 saturated carbocycles. The smallest absolute Gasteiger partial charge is 0.255 e. The Labute approximate surface area is 159 Å². The van der Waals surface area contributed by atoms with Crippen molar-refractivity contribution < 1.29 is 13.2 Å². The second kappa shape index (κ2) is 8.25. The van der Waals surface area contributed by atoms with Gasteiger partial charge in [-0.25, -0.2) is 8.42 Å². The van der Waals surface area contributed by atoms with Gasteiger partial charge in [-0.05, 0) is 38.3 Å². The Morgan fingerprint density at radius 1 is 1.20 bits per heavy atom. The predicted molar refractivity (Wildman–Crippen MR) is 101 cm³/mol. The number of hydrogen-bond donors (Lipinski definition) is 0. The summed E-state index contributed by atoms with van der Waals surface area (Å²) in [6.45, 7) is 6.80. The number of hydrogen-bond acceptors (Lipinski definition) is 3. The van der Waals surface area contributed by atoms with Crippen LogP contribution >= 0.6 is 23.2 Å². The maximum absolute atomic E-state index is 12.9. The molecule has 1 saturated heterocycles. The molecule has 1 heterocycles. The van der Waals surface area contributed by atoms with Gasteiger partial charge in [-0.1, -0.05) is 37.0 Å². The van der Waals surface area contributed by atoms with Gasteiger partial charge in [0.15, 0.2) is 0 Å². The first-order valence-corrected chi connectivity index (χ1v) is 10.7. The molecule has 1 fully saturated rings. The van der Waals surface area contributed by atoms with E-state index in [2.05, 4.69) is 0 Å². The molecule has 0 bridgehead atoms. The second-order valence-corrected chi connectivity index (χ2v) is 8.92. The summed E-state index contributed by atoms with van der Waals surface area (Å²) in [5.41, 5.74) is 0.186. The van der Waals surface area contributed by atoms with Crippen LogP contribution in [0.2, 0.25) is 10.0 Å². The Bertz CT molecular complexity index is 749. The molecule has 1 aliphatic rings. The fourth-order valence-corrected chi connectivity index (χ4v) is 5.43. The molecule has 0 radical (unpaired) electrons. The van der Waals surface area contributed by atoms with E-state index in [0.29, 0.717) is 19.6 Å². The van der Waals surface area contributed by atoms with Crippen LogP contribution in [0.4, 0.5) is 0 Å². The van der Waals surface area contributed by atoms with Crippen LogP contribution in [0.25, 0.3) is 0 Å². The van der Waals surface area contributed by atoms with Crippen LogP contribution in [0.15, 0.2) is 17.0 Å². The fraction of sp³-hybridized carbons (Fsp3) is 0.588. The van der Waals surface area contributed by atoms with Gasteiger partial charge in [0.25, 0.3) is 5.91 Å². The van der Waals surface area contributed by atoms with Gasteiger partial charge >= 0.3 is 0 Å². The summed E-state index contributed by atoms with van der Waals surface area (Å²) in [4.78, 5) is 14.6. The number of amides is 1. The Morgan fingerprint density at radius 3 is 2.40 bits per heavy atom. The van der Waals surface area contributed by atoms with Crippen LogP contribution in [0.3, 0.4) is 0 Å². The molecule has 140 valence electrons. The monoisotopic (exact) mass is 406 g/mol. The number of nitrogens with zero attached hydrogens (tertiary/aromatic N) is 2. The molecule has 1 aromatic rings. The summed E-state index contributed by atoms with van der Waals surface area (Å²) in [5, 5.41) is 0.200. The molecule has 0 aromatic heterocycles. The summed E-state index contributed by atoms with van der Waals surface area (Å²) in [6, 6.07) is 2.78. The minimum Gasteiger partial charge on any atom is -0.336 e. The lowest BCUT2D eigenvalue weighted by atomic mass is 10.0. The van der Waals surface area contributed by atoms with Gasteiger partial charge in [0.05, 0.1) is 15.6 Å². The van der Waals surface area contributed by atoms with Gasteiger partial charge in [-0.2, -0.15) is 4.31 Å². The quantitative estimate of drug-likeness (QED) is 0.740. The Kier molecular flexibility index (Phi) is 6.76. The highest BCUT2D eigenvalue weighted by atomic mass is 35.5. The van der Waals surface area contributed by atoms with Crippen molar-refractivity contribution in [2.24, 2.45) is 0 Å². The molecule has 0 spiro atoms. The van der Waals surface area contributed by atoms with Crippen LogP contribution in [-0.2, 0) is 10.0 Å². The van der Waals surface area contributed by atoms with Crippen molar-refractivity contribution in [2.45, 2.75) is 51.0 Å². The van der Waals surface area contributed by atoms with Crippen molar-refractivity contribution in [1.29, 1.82) is 0 Å². The normalized spacial score (nSPS) is 18.6. The van der Waals surface area contributed by atoms with E-state index in [-0.39, 0.29) is 32.5 Å². The summed E-state index contributed by atoms with van der Waals surface area (Å²) < 4.78 is 26.9. The van der Waals surface area contributed by atoms with E-state index >= 15 is 0 Å². The number of sulfonamides is 1. The fourth-order valence-electron chi connectivity index (χ4n) is 3.15. The van der Waals surface area contributed by atoms with E-state index < -0.39 is 10.0 Å². The zero-order valence-electron chi connectivity index (χ0n) is 14.8. The zero-order valence-corrected chi connectivity index (χ0v) is 17.1. The highest BCUT2D eigenvalue weighted by Gasteiger charge is 2.30. The van der Waals surface area contributed by atoms with Crippen molar-refractivity contribution in [3.8, 4) is 0 Å². The van der Waals surface area contributed by atoms with E-state index in [4.69, 9.17) is 23.2 Å². The number of halogens is 2. The summed E-state index contributed by atoms with van der Waals surface area (Å²) >= 11 is 12.4. The van der Waals surface area contributed by atoms with E-state index in [9.17, 15) is 13.2 Å². The van der Waals surface area contributed by atoms with Crippen LogP contribution in [0.5, 0.6) is 0 Å². The van der Waals surface area contributed by atoms with Crippen LogP contribution in [0, 0.1) is 0 Å². The summed E-state index contributed by atoms with van der Waals surface area (Å²) in [5.74, 6) is -0.245. The highest BCUT2D eigenvalue weighted by Crippen LogP contribution is 2.32. The van der Waals surface area contributed by atoms with E-state index in [0.717, 1.165) is 19.3 Å². The van der Waals surface area contributed by atoms with Crippen molar-refractivity contribution in [1.82, 2.24) is 9.21 Å². The van der Waals surface area contributed by atoms with Crippen LogP contribution in [0.1, 0.15) is 50.4 Å². The number of carbonyl (C=O) groups is 1. The second-order valence-electron chi connectivity index (χ2n) is 6.20. The number of piperidine rings is 1. The Balaban J connectivity index is 2.49. The molecule has 0 aliphatic carbocycles. The molecule has 1 aliphatic heterocycles. The lowest BCUT2D eigenvalue weighted by Crippen LogP contribution is -2.42. The first kappa shape index (κ1) is 20.5.